The van der Waals surface area contributed by atoms with Crippen molar-refractivity contribution in [3.05, 3.63) is 64.5 Å². The molecule has 1 aromatic heterocycles. The number of halogens is 2. The molecule has 0 aliphatic carbocycles. The molecule has 0 atom stereocenters. The summed E-state index contributed by atoms with van der Waals surface area (Å²) in [5.41, 5.74) is 0.822. The molecule has 148 valence electrons. The molecule has 1 N–H and O–H groups in total. The summed E-state index contributed by atoms with van der Waals surface area (Å²) in [5, 5.41) is 4.25. The standard InChI is InChI=1S/C18H17BrFN3O4S/c1-26-14-7-8-17(16(9-14)27-2)28(24,25)22-18-15(19)11-23(21-18)10-12-3-5-13(20)6-4-12/h3-9,11H,10H2,1-2H3,(H,21,22). The van der Waals surface area contributed by atoms with E-state index in [1.54, 1.807) is 23.0 Å². The number of sulfonamides is 1. The second-order valence-corrected chi connectivity index (χ2v) is 8.28. The van der Waals surface area contributed by atoms with Gasteiger partial charge in [-0.25, -0.2) is 12.8 Å². The van der Waals surface area contributed by atoms with Crippen LogP contribution < -0.4 is 14.2 Å². The van der Waals surface area contributed by atoms with E-state index in [0.717, 1.165) is 5.56 Å². The van der Waals surface area contributed by atoms with Gasteiger partial charge in [0.25, 0.3) is 10.0 Å². The first-order valence-electron chi connectivity index (χ1n) is 8.04. The average molecular weight is 470 g/mol. The monoisotopic (exact) mass is 469 g/mol. The number of rotatable bonds is 7. The van der Waals surface area contributed by atoms with Crippen LogP contribution in [0.1, 0.15) is 5.56 Å². The number of nitrogens with zero attached hydrogens (tertiary/aromatic N) is 2. The van der Waals surface area contributed by atoms with Crippen LogP contribution in [0.3, 0.4) is 0 Å². The first kappa shape index (κ1) is 20.2. The molecular formula is C18H17BrFN3O4S. The van der Waals surface area contributed by atoms with Gasteiger partial charge >= 0.3 is 0 Å². The third-order valence-electron chi connectivity index (χ3n) is 3.87. The highest BCUT2D eigenvalue weighted by atomic mass is 79.9. The van der Waals surface area contributed by atoms with E-state index in [4.69, 9.17) is 9.47 Å². The van der Waals surface area contributed by atoms with Gasteiger partial charge in [-0.1, -0.05) is 12.1 Å². The Hall–Kier alpha value is -2.59. The maximum atomic E-state index is 13.0. The molecule has 0 aliphatic heterocycles. The summed E-state index contributed by atoms with van der Waals surface area (Å²) in [6.45, 7) is 0.354. The number of aromatic nitrogens is 2. The average Bonchev–Trinajstić information content (AvgIpc) is 3.01. The Kier molecular flexibility index (Phi) is 5.90. The first-order valence-corrected chi connectivity index (χ1v) is 10.3. The number of hydrogen-bond acceptors (Lipinski definition) is 5. The van der Waals surface area contributed by atoms with Crippen LogP contribution in [0.5, 0.6) is 11.5 Å². The van der Waals surface area contributed by atoms with E-state index in [9.17, 15) is 12.8 Å². The highest BCUT2D eigenvalue weighted by molar-refractivity contribution is 9.10. The highest BCUT2D eigenvalue weighted by Crippen LogP contribution is 2.31. The van der Waals surface area contributed by atoms with E-state index >= 15 is 0 Å². The number of nitrogens with one attached hydrogen (secondary N) is 1. The van der Waals surface area contributed by atoms with Crippen LogP contribution in [0.15, 0.2) is 58.0 Å². The number of benzene rings is 2. The molecule has 7 nitrogen and oxygen atoms in total. The predicted octanol–water partition coefficient (Wildman–Crippen LogP) is 3.65. The molecule has 3 aromatic rings. The number of methoxy groups -OCH3 is 2. The molecule has 10 heteroatoms. The van der Waals surface area contributed by atoms with E-state index in [1.165, 1.54) is 44.6 Å². The van der Waals surface area contributed by atoms with Crippen molar-refractivity contribution in [2.24, 2.45) is 0 Å². The van der Waals surface area contributed by atoms with Crippen molar-refractivity contribution in [1.29, 1.82) is 0 Å². The largest absolute Gasteiger partial charge is 0.497 e. The molecule has 0 unspecified atom stereocenters. The summed E-state index contributed by atoms with van der Waals surface area (Å²) in [6.07, 6.45) is 1.63. The molecule has 28 heavy (non-hydrogen) atoms. The Morgan fingerprint density at radius 3 is 2.50 bits per heavy atom. The molecule has 2 aromatic carbocycles. The molecule has 0 bridgehead atoms. The fourth-order valence-electron chi connectivity index (χ4n) is 2.50. The van der Waals surface area contributed by atoms with Crippen LogP contribution in [0.4, 0.5) is 10.2 Å². The lowest BCUT2D eigenvalue weighted by Crippen LogP contribution is -2.15. The minimum absolute atomic E-state index is 0.0456. The Balaban J connectivity index is 1.85. The van der Waals surface area contributed by atoms with Gasteiger partial charge in [0.1, 0.15) is 22.2 Å². The predicted molar refractivity (Wildman–Crippen MR) is 106 cm³/mol. The lowest BCUT2D eigenvalue weighted by molar-refractivity contribution is 0.386. The topological polar surface area (TPSA) is 82.5 Å². The zero-order valence-corrected chi connectivity index (χ0v) is 17.4. The van der Waals surface area contributed by atoms with E-state index in [-0.39, 0.29) is 22.3 Å². The van der Waals surface area contributed by atoms with Crippen LogP contribution in [-0.4, -0.2) is 32.4 Å². The third kappa shape index (κ3) is 4.45. The summed E-state index contributed by atoms with van der Waals surface area (Å²) >= 11 is 3.30. The number of anilines is 1. The van der Waals surface area contributed by atoms with Gasteiger partial charge in [-0.2, -0.15) is 5.10 Å². The zero-order valence-electron chi connectivity index (χ0n) is 15.0. The van der Waals surface area contributed by atoms with Gasteiger partial charge < -0.3 is 9.47 Å². The van der Waals surface area contributed by atoms with Crippen LogP contribution in [-0.2, 0) is 16.6 Å². The van der Waals surface area contributed by atoms with Crippen molar-refractivity contribution in [2.75, 3.05) is 18.9 Å². The molecule has 0 spiro atoms. The summed E-state index contributed by atoms with van der Waals surface area (Å²) in [5.74, 6) is 0.418. The van der Waals surface area contributed by atoms with Crippen LogP contribution in [0.2, 0.25) is 0 Å². The Bertz CT molecular complexity index is 1080. The van der Waals surface area contributed by atoms with Crippen molar-refractivity contribution in [3.8, 4) is 11.5 Å². The first-order chi connectivity index (χ1) is 13.3. The summed E-state index contributed by atoms with van der Waals surface area (Å²) in [7, 11) is -1.10. The Morgan fingerprint density at radius 1 is 1.14 bits per heavy atom. The maximum Gasteiger partial charge on any atom is 0.266 e. The molecular weight excluding hydrogens is 453 g/mol. The van der Waals surface area contributed by atoms with Gasteiger partial charge in [0.15, 0.2) is 5.82 Å². The maximum absolute atomic E-state index is 13.0. The smallest absolute Gasteiger partial charge is 0.266 e. The van der Waals surface area contributed by atoms with Crippen molar-refractivity contribution in [1.82, 2.24) is 9.78 Å². The molecule has 3 rings (SSSR count). The van der Waals surface area contributed by atoms with Crippen LogP contribution in [0, 0.1) is 5.82 Å². The molecule has 0 saturated heterocycles. The SMILES string of the molecule is COc1ccc(S(=O)(=O)Nc2nn(Cc3ccc(F)cc3)cc2Br)c(OC)c1. The van der Waals surface area contributed by atoms with Crippen molar-refractivity contribution in [2.45, 2.75) is 11.4 Å². The zero-order chi connectivity index (χ0) is 20.3. The molecule has 1 heterocycles. The van der Waals surface area contributed by atoms with E-state index < -0.39 is 10.0 Å². The van der Waals surface area contributed by atoms with Gasteiger partial charge in [0.05, 0.1) is 25.2 Å². The molecule has 0 aliphatic rings. The number of ether oxygens (including phenoxy) is 2. The minimum atomic E-state index is -3.95. The molecule has 0 radical (unpaired) electrons. The van der Waals surface area contributed by atoms with Gasteiger partial charge in [-0.15, -0.1) is 0 Å². The lowest BCUT2D eigenvalue weighted by Gasteiger charge is -2.11. The van der Waals surface area contributed by atoms with Crippen molar-refractivity contribution in [3.63, 3.8) is 0 Å². The molecule has 0 fully saturated rings. The van der Waals surface area contributed by atoms with E-state index in [2.05, 4.69) is 25.8 Å². The fourth-order valence-corrected chi connectivity index (χ4v) is 4.22. The minimum Gasteiger partial charge on any atom is -0.497 e. The van der Waals surface area contributed by atoms with Crippen LogP contribution in [0.25, 0.3) is 0 Å². The summed E-state index contributed by atoms with van der Waals surface area (Å²) < 4.78 is 53.3. The summed E-state index contributed by atoms with van der Waals surface area (Å²) in [6, 6.07) is 10.4. The Labute approximate surface area is 170 Å². The van der Waals surface area contributed by atoms with Crippen LogP contribution >= 0.6 is 15.9 Å². The fraction of sp³-hybridized carbons (Fsp3) is 0.167. The second-order valence-electron chi connectivity index (χ2n) is 5.77. The van der Waals surface area contributed by atoms with Gasteiger partial charge in [0, 0.05) is 12.3 Å². The van der Waals surface area contributed by atoms with Crippen molar-refractivity contribution >= 4 is 31.8 Å². The van der Waals surface area contributed by atoms with Crippen molar-refractivity contribution < 1.29 is 22.3 Å². The summed E-state index contributed by atoms with van der Waals surface area (Å²) in [4.78, 5) is -0.0456. The lowest BCUT2D eigenvalue weighted by atomic mass is 10.2. The normalized spacial score (nSPS) is 11.3. The Morgan fingerprint density at radius 2 is 1.86 bits per heavy atom. The highest BCUT2D eigenvalue weighted by Gasteiger charge is 2.23. The number of hydrogen-bond donors (Lipinski definition) is 1. The van der Waals surface area contributed by atoms with Gasteiger partial charge in [0.2, 0.25) is 0 Å². The quantitative estimate of drug-likeness (QED) is 0.570. The van der Waals surface area contributed by atoms with Gasteiger partial charge in [-0.05, 0) is 45.8 Å². The molecule has 0 amide bonds. The molecule has 0 saturated carbocycles. The van der Waals surface area contributed by atoms with Gasteiger partial charge in [-0.3, -0.25) is 9.40 Å². The van der Waals surface area contributed by atoms with E-state index in [1.807, 2.05) is 0 Å². The second kappa shape index (κ2) is 8.19. The third-order valence-corrected chi connectivity index (χ3v) is 5.82. The van der Waals surface area contributed by atoms with E-state index in [0.29, 0.717) is 16.8 Å².